The van der Waals surface area contributed by atoms with Crippen LogP contribution in [0, 0.1) is 0 Å². The van der Waals surface area contributed by atoms with Gasteiger partial charge in [-0.25, -0.2) is 15.0 Å². The molecule has 0 N–H and O–H groups in total. The van der Waals surface area contributed by atoms with Crippen LogP contribution in [0.25, 0.3) is 15.9 Å². The molecule has 0 aliphatic carbocycles. The number of hydrogen-bond donors (Lipinski definition) is 0. The van der Waals surface area contributed by atoms with Crippen LogP contribution < -0.4 is 4.74 Å². The lowest BCUT2D eigenvalue weighted by atomic mass is 10.3. The molecule has 102 valence electrons. The Balaban J connectivity index is 1.64. The molecule has 21 heavy (non-hydrogen) atoms. The summed E-state index contributed by atoms with van der Waals surface area (Å²) in [6.45, 7) is 0. The molecule has 0 saturated carbocycles. The molecule has 6 heteroatoms. The largest absolute Gasteiger partial charge is 0.438 e. The second-order valence-corrected chi connectivity index (χ2v) is 5.28. The molecule has 1 aromatic carbocycles. The maximum atomic E-state index is 5.85. The van der Waals surface area contributed by atoms with Gasteiger partial charge in [0.15, 0.2) is 0 Å². The van der Waals surface area contributed by atoms with Gasteiger partial charge in [-0.05, 0) is 35.7 Å². The first-order chi connectivity index (χ1) is 10.4. The molecule has 4 rings (SSSR count). The highest BCUT2D eigenvalue weighted by molar-refractivity contribution is 7.16. The van der Waals surface area contributed by atoms with Gasteiger partial charge in [0.25, 0.3) is 0 Å². The van der Waals surface area contributed by atoms with Gasteiger partial charge in [0, 0.05) is 18.1 Å². The number of rotatable bonds is 3. The quantitative estimate of drug-likeness (QED) is 0.578. The molecule has 0 saturated heterocycles. The first-order valence-electron chi connectivity index (χ1n) is 6.34. The second-order valence-electron chi connectivity index (χ2n) is 4.38. The van der Waals surface area contributed by atoms with Gasteiger partial charge in [-0.15, -0.1) is 11.3 Å². The van der Waals surface area contributed by atoms with Crippen LogP contribution in [-0.4, -0.2) is 19.5 Å². The minimum absolute atomic E-state index is 0.580. The van der Waals surface area contributed by atoms with Crippen molar-refractivity contribution in [2.45, 2.75) is 0 Å². The summed E-state index contributed by atoms with van der Waals surface area (Å²) in [5.41, 5.74) is 1.03. The van der Waals surface area contributed by atoms with Gasteiger partial charge in [0.1, 0.15) is 16.9 Å². The number of hydrogen-bond acceptors (Lipinski definition) is 5. The van der Waals surface area contributed by atoms with Gasteiger partial charge in [-0.1, -0.05) is 0 Å². The number of imidazole rings is 1. The van der Waals surface area contributed by atoms with E-state index >= 15 is 0 Å². The molecule has 0 radical (unpaired) electrons. The summed E-state index contributed by atoms with van der Waals surface area (Å²) in [6, 6.07) is 9.74. The van der Waals surface area contributed by atoms with E-state index in [2.05, 4.69) is 15.0 Å². The molecule has 5 nitrogen and oxygen atoms in total. The zero-order valence-electron chi connectivity index (χ0n) is 10.9. The van der Waals surface area contributed by atoms with Crippen LogP contribution >= 0.6 is 11.3 Å². The van der Waals surface area contributed by atoms with E-state index in [4.69, 9.17) is 4.74 Å². The van der Waals surface area contributed by atoms with Gasteiger partial charge in [-0.3, -0.25) is 0 Å². The average Bonchev–Trinajstić information content (AvgIpc) is 3.20. The first-order valence-corrected chi connectivity index (χ1v) is 7.22. The van der Waals surface area contributed by atoms with E-state index in [0.29, 0.717) is 5.88 Å². The van der Waals surface area contributed by atoms with E-state index in [1.165, 1.54) is 6.33 Å². The highest BCUT2D eigenvalue weighted by Crippen LogP contribution is 2.29. The summed E-state index contributed by atoms with van der Waals surface area (Å²) in [6.07, 6.45) is 6.93. The van der Waals surface area contributed by atoms with Gasteiger partial charge < -0.3 is 9.30 Å². The Morgan fingerprint density at radius 3 is 2.76 bits per heavy atom. The van der Waals surface area contributed by atoms with E-state index in [1.54, 1.807) is 23.9 Å². The molecule has 4 aromatic rings. The van der Waals surface area contributed by atoms with Gasteiger partial charge >= 0.3 is 0 Å². The molecule has 0 atom stereocenters. The molecule has 0 aliphatic rings. The maximum Gasteiger partial charge on any atom is 0.231 e. The molecule has 0 amide bonds. The van der Waals surface area contributed by atoms with E-state index in [1.807, 2.05) is 46.5 Å². The smallest absolute Gasteiger partial charge is 0.231 e. The second kappa shape index (κ2) is 4.99. The van der Waals surface area contributed by atoms with Crippen LogP contribution in [0.2, 0.25) is 0 Å². The molecule has 3 heterocycles. The zero-order chi connectivity index (χ0) is 14.1. The minimum Gasteiger partial charge on any atom is -0.438 e. The third-order valence-electron chi connectivity index (χ3n) is 3.08. The van der Waals surface area contributed by atoms with Crippen LogP contribution in [0.3, 0.4) is 0 Å². The van der Waals surface area contributed by atoms with Crippen molar-refractivity contribution in [1.82, 2.24) is 19.5 Å². The fraction of sp³-hybridized carbons (Fsp3) is 0. The molecule has 0 spiro atoms. The Bertz CT molecular complexity index is 868. The topological polar surface area (TPSA) is 52.8 Å². The third kappa shape index (κ3) is 2.25. The number of ether oxygens (including phenoxy) is 1. The monoisotopic (exact) mass is 294 g/mol. The normalized spacial score (nSPS) is 10.9. The van der Waals surface area contributed by atoms with Crippen molar-refractivity contribution in [3.63, 3.8) is 0 Å². The predicted molar refractivity (Wildman–Crippen MR) is 81.1 cm³/mol. The molecule has 3 aromatic heterocycles. The predicted octanol–water partition coefficient (Wildman–Crippen LogP) is 3.67. The first kappa shape index (κ1) is 12.0. The lowest BCUT2D eigenvalue weighted by Gasteiger charge is -2.07. The van der Waals surface area contributed by atoms with Crippen molar-refractivity contribution < 1.29 is 4.74 Å². The highest BCUT2D eigenvalue weighted by Gasteiger charge is 2.07. The molecule has 0 fully saturated rings. The number of aromatic nitrogens is 4. The van der Waals surface area contributed by atoms with Crippen molar-refractivity contribution >= 4 is 21.6 Å². The van der Waals surface area contributed by atoms with Crippen LogP contribution in [0.1, 0.15) is 0 Å². The number of benzene rings is 1. The molecule has 0 bridgehead atoms. The van der Waals surface area contributed by atoms with Crippen molar-refractivity contribution in [3.8, 4) is 17.3 Å². The Kier molecular flexibility index (Phi) is 2.86. The Labute approximate surface area is 124 Å². The van der Waals surface area contributed by atoms with Crippen molar-refractivity contribution in [1.29, 1.82) is 0 Å². The van der Waals surface area contributed by atoms with Crippen molar-refractivity contribution in [2.75, 3.05) is 0 Å². The fourth-order valence-corrected chi connectivity index (χ4v) is 2.78. The summed E-state index contributed by atoms with van der Waals surface area (Å²) in [5.74, 6) is 1.32. The number of thiophene rings is 1. The third-order valence-corrected chi connectivity index (χ3v) is 3.90. The lowest BCUT2D eigenvalue weighted by Crippen LogP contribution is -1.92. The average molecular weight is 294 g/mol. The molecular formula is C15H10N4OS. The summed E-state index contributed by atoms with van der Waals surface area (Å²) < 4.78 is 7.79. The van der Waals surface area contributed by atoms with Crippen LogP contribution in [0.5, 0.6) is 11.6 Å². The lowest BCUT2D eigenvalue weighted by molar-refractivity contribution is 0.468. The van der Waals surface area contributed by atoms with E-state index in [9.17, 15) is 0 Å². The van der Waals surface area contributed by atoms with E-state index < -0.39 is 0 Å². The summed E-state index contributed by atoms with van der Waals surface area (Å²) in [4.78, 5) is 13.4. The molecule has 0 aliphatic heterocycles. The highest BCUT2D eigenvalue weighted by atomic mass is 32.1. The Morgan fingerprint density at radius 2 is 1.95 bits per heavy atom. The van der Waals surface area contributed by atoms with E-state index in [0.717, 1.165) is 21.7 Å². The summed E-state index contributed by atoms with van der Waals surface area (Å²) in [7, 11) is 0. The van der Waals surface area contributed by atoms with E-state index in [-0.39, 0.29) is 0 Å². The maximum absolute atomic E-state index is 5.85. The van der Waals surface area contributed by atoms with Crippen LogP contribution in [0.15, 0.2) is 60.8 Å². The Hall–Kier alpha value is -2.73. The SMILES string of the molecule is c1cn(-c2ccc(Oc3ncnc4sccc34)cc2)cn1. The summed E-state index contributed by atoms with van der Waals surface area (Å²) in [5, 5.41) is 2.91. The van der Waals surface area contributed by atoms with Crippen molar-refractivity contribution in [3.05, 3.63) is 60.8 Å². The van der Waals surface area contributed by atoms with Crippen LogP contribution in [0.4, 0.5) is 0 Å². The van der Waals surface area contributed by atoms with Gasteiger partial charge in [-0.2, -0.15) is 0 Å². The molecule has 0 unspecified atom stereocenters. The number of fused-ring (bicyclic) bond motifs is 1. The molecular weight excluding hydrogens is 284 g/mol. The fourth-order valence-electron chi connectivity index (χ4n) is 2.06. The zero-order valence-corrected chi connectivity index (χ0v) is 11.7. The Morgan fingerprint density at radius 1 is 1.05 bits per heavy atom. The number of nitrogens with zero attached hydrogens (tertiary/aromatic N) is 4. The minimum atomic E-state index is 0.580. The van der Waals surface area contributed by atoms with Gasteiger partial charge in [0.05, 0.1) is 11.7 Å². The standard InChI is InChI=1S/C15H10N4OS/c1-3-12(4-2-11(1)19-7-6-16-10-19)20-14-13-5-8-21-15(13)18-9-17-14/h1-10H. The summed E-state index contributed by atoms with van der Waals surface area (Å²) >= 11 is 1.57. The van der Waals surface area contributed by atoms with Gasteiger partial charge in [0.2, 0.25) is 5.88 Å². The van der Waals surface area contributed by atoms with Crippen LogP contribution in [-0.2, 0) is 0 Å². The van der Waals surface area contributed by atoms with Crippen molar-refractivity contribution in [2.24, 2.45) is 0 Å².